The molecule has 0 bridgehead atoms. The fourth-order valence-corrected chi connectivity index (χ4v) is 5.13. The fraction of sp³-hybridized carbons (Fsp3) is 0.391. The summed E-state index contributed by atoms with van der Waals surface area (Å²) in [6, 6.07) is 6.49. The summed E-state index contributed by atoms with van der Waals surface area (Å²) in [6.07, 6.45) is 4.58. The first kappa shape index (κ1) is 26.6. The summed E-state index contributed by atoms with van der Waals surface area (Å²) in [7, 11) is -0.405. The van der Waals surface area contributed by atoms with Crippen LogP contribution < -0.4 is 20.5 Å². The number of rotatable bonds is 8. The first-order chi connectivity index (χ1) is 17.2. The molecule has 1 aliphatic heterocycles. The summed E-state index contributed by atoms with van der Waals surface area (Å²) >= 11 is 11.9. The number of carbonyl (C=O) groups is 1. The normalized spacial score (nSPS) is 14.4. The summed E-state index contributed by atoms with van der Waals surface area (Å²) in [5.74, 6) is 0.836. The highest BCUT2D eigenvalue weighted by Gasteiger charge is 2.23. The van der Waals surface area contributed by atoms with E-state index in [0.717, 1.165) is 37.0 Å². The molecule has 36 heavy (non-hydrogen) atoms. The van der Waals surface area contributed by atoms with Gasteiger partial charge in [0, 0.05) is 30.3 Å². The molecular weight excluding hydrogens is 528 g/mol. The zero-order valence-electron chi connectivity index (χ0n) is 19.5. The van der Waals surface area contributed by atoms with E-state index in [1.54, 1.807) is 18.2 Å². The fourth-order valence-electron chi connectivity index (χ4n) is 4.24. The quantitative estimate of drug-likeness (QED) is 0.360. The molecule has 10 nitrogen and oxygen atoms in total. The van der Waals surface area contributed by atoms with Crippen LogP contribution in [0.3, 0.4) is 0 Å². The molecule has 0 atom stereocenters. The van der Waals surface area contributed by atoms with Gasteiger partial charge in [-0.1, -0.05) is 23.2 Å². The van der Waals surface area contributed by atoms with Gasteiger partial charge in [-0.05, 0) is 49.4 Å². The van der Waals surface area contributed by atoms with E-state index >= 15 is 0 Å². The van der Waals surface area contributed by atoms with Crippen LogP contribution in [-0.4, -0.2) is 56.8 Å². The number of halogens is 2. The third-order valence-corrected chi connectivity index (χ3v) is 7.55. The maximum Gasteiger partial charge on any atom is 0.280 e. The van der Waals surface area contributed by atoms with Crippen LogP contribution in [0.25, 0.3) is 10.8 Å². The Labute approximate surface area is 218 Å². The first-order valence-electron chi connectivity index (χ1n) is 11.3. The van der Waals surface area contributed by atoms with Gasteiger partial charge >= 0.3 is 0 Å². The summed E-state index contributed by atoms with van der Waals surface area (Å²) in [6.45, 7) is 1.22. The van der Waals surface area contributed by atoms with E-state index in [2.05, 4.69) is 20.3 Å². The summed E-state index contributed by atoms with van der Waals surface area (Å²) in [4.78, 5) is 50.7. The second-order valence-electron chi connectivity index (χ2n) is 8.55. The van der Waals surface area contributed by atoms with Gasteiger partial charge in [-0.2, -0.15) is 10.1 Å². The molecule has 0 aliphatic carbocycles. The topological polar surface area (TPSA) is 130 Å². The number of piperidine rings is 1. The number of aromatic nitrogens is 3. The maximum atomic E-state index is 13.2. The van der Waals surface area contributed by atoms with Crippen molar-refractivity contribution in [3.8, 4) is 5.88 Å². The van der Waals surface area contributed by atoms with E-state index in [1.165, 1.54) is 19.4 Å². The standard InChI is InChI=1S/C23H26Cl2N5O5P/c1-35-22-21-15(10-19(28-22)29-7-4-14(5-8-29)6-9-36(33)34)12-26-30(23(21)32)13-20(31)27-16-2-3-17(24)18(25)11-16/h2-3,10-12,14,33-34H,4-9,13H2,1H3,(H,27,31). The van der Waals surface area contributed by atoms with Crippen LogP contribution in [-0.2, 0) is 11.3 Å². The molecule has 13 heteroatoms. The number of hydrogen-bond donors (Lipinski definition) is 3. The Hall–Kier alpha value is -2.49. The minimum absolute atomic E-state index is 0.168. The van der Waals surface area contributed by atoms with Crippen molar-refractivity contribution in [2.45, 2.75) is 25.8 Å². The second-order valence-corrected chi connectivity index (χ2v) is 10.6. The Morgan fingerprint density at radius 3 is 2.64 bits per heavy atom. The first-order valence-corrected chi connectivity index (χ1v) is 13.5. The number of pyridine rings is 1. The number of carbonyl (C=O) groups excluding carboxylic acids is 1. The number of hydrogen-bond acceptors (Lipinski definition) is 8. The lowest BCUT2D eigenvalue weighted by Crippen LogP contribution is -2.34. The van der Waals surface area contributed by atoms with Gasteiger partial charge in [-0.25, -0.2) is 4.68 Å². The van der Waals surface area contributed by atoms with Crippen molar-refractivity contribution in [2.75, 3.05) is 36.6 Å². The largest absolute Gasteiger partial charge is 0.480 e. The van der Waals surface area contributed by atoms with Gasteiger partial charge in [0.15, 0.2) is 8.38 Å². The zero-order chi connectivity index (χ0) is 25.8. The van der Waals surface area contributed by atoms with Crippen molar-refractivity contribution in [3.05, 3.63) is 50.9 Å². The molecule has 0 saturated carbocycles. The molecular formula is C23H26Cl2N5O5P. The molecule has 0 unspecified atom stereocenters. The molecule has 1 amide bonds. The van der Waals surface area contributed by atoms with Crippen LogP contribution >= 0.6 is 31.6 Å². The second kappa shape index (κ2) is 11.7. The van der Waals surface area contributed by atoms with E-state index in [-0.39, 0.29) is 17.8 Å². The molecule has 1 aromatic carbocycles. The van der Waals surface area contributed by atoms with Gasteiger partial charge < -0.3 is 24.7 Å². The van der Waals surface area contributed by atoms with Crippen molar-refractivity contribution in [1.82, 2.24) is 14.8 Å². The number of amides is 1. The average molecular weight is 554 g/mol. The molecule has 3 heterocycles. The summed E-state index contributed by atoms with van der Waals surface area (Å²) in [5.41, 5.74) is -0.0414. The third kappa shape index (κ3) is 6.25. The van der Waals surface area contributed by atoms with Crippen molar-refractivity contribution >= 4 is 59.8 Å². The number of fused-ring (bicyclic) bond motifs is 1. The summed E-state index contributed by atoms with van der Waals surface area (Å²) in [5, 5.41) is 8.33. The molecule has 0 radical (unpaired) electrons. The SMILES string of the molecule is COc1nc(N2CCC(CCP(O)O)CC2)cc2cnn(CC(=O)Nc3ccc(Cl)c(Cl)c3)c(=O)c12. The van der Waals surface area contributed by atoms with Crippen molar-refractivity contribution in [1.29, 1.82) is 0 Å². The highest BCUT2D eigenvalue weighted by Crippen LogP contribution is 2.32. The van der Waals surface area contributed by atoms with Crippen LogP contribution in [0.2, 0.25) is 10.0 Å². The number of methoxy groups -OCH3 is 1. The monoisotopic (exact) mass is 553 g/mol. The van der Waals surface area contributed by atoms with Gasteiger partial charge in [0.1, 0.15) is 17.7 Å². The zero-order valence-corrected chi connectivity index (χ0v) is 21.9. The van der Waals surface area contributed by atoms with E-state index in [0.29, 0.717) is 39.0 Å². The third-order valence-electron chi connectivity index (χ3n) is 6.15. The van der Waals surface area contributed by atoms with Gasteiger partial charge in [0.05, 0.1) is 23.4 Å². The lowest BCUT2D eigenvalue weighted by Gasteiger charge is -2.33. The maximum absolute atomic E-state index is 13.2. The van der Waals surface area contributed by atoms with E-state index in [1.807, 2.05) is 0 Å². The molecule has 1 saturated heterocycles. The smallest absolute Gasteiger partial charge is 0.280 e. The highest BCUT2D eigenvalue weighted by molar-refractivity contribution is 7.45. The molecule has 4 rings (SSSR count). The Kier molecular flexibility index (Phi) is 8.64. The predicted molar refractivity (Wildman–Crippen MR) is 141 cm³/mol. The van der Waals surface area contributed by atoms with Crippen LogP contribution in [0.4, 0.5) is 11.5 Å². The van der Waals surface area contributed by atoms with Crippen molar-refractivity contribution in [3.63, 3.8) is 0 Å². The van der Waals surface area contributed by atoms with Crippen molar-refractivity contribution in [2.24, 2.45) is 5.92 Å². The number of nitrogens with one attached hydrogen (secondary N) is 1. The molecule has 1 fully saturated rings. The van der Waals surface area contributed by atoms with Crippen LogP contribution in [0.5, 0.6) is 5.88 Å². The Morgan fingerprint density at radius 2 is 1.97 bits per heavy atom. The number of anilines is 2. The molecule has 192 valence electrons. The van der Waals surface area contributed by atoms with Crippen LogP contribution in [0.1, 0.15) is 19.3 Å². The van der Waals surface area contributed by atoms with Gasteiger partial charge in [-0.15, -0.1) is 0 Å². The summed E-state index contributed by atoms with van der Waals surface area (Å²) < 4.78 is 6.50. The minimum Gasteiger partial charge on any atom is -0.480 e. The Morgan fingerprint density at radius 1 is 1.22 bits per heavy atom. The minimum atomic E-state index is -1.85. The van der Waals surface area contributed by atoms with Gasteiger partial charge in [-0.3, -0.25) is 9.59 Å². The molecule has 3 aromatic rings. The van der Waals surface area contributed by atoms with Crippen molar-refractivity contribution < 1.29 is 19.3 Å². The Bertz CT molecular complexity index is 1310. The van der Waals surface area contributed by atoms with Gasteiger partial charge in [0.2, 0.25) is 11.8 Å². The van der Waals surface area contributed by atoms with E-state index in [4.69, 9.17) is 37.7 Å². The number of ether oxygens (including phenoxy) is 1. The lowest BCUT2D eigenvalue weighted by atomic mass is 9.94. The van der Waals surface area contributed by atoms with Gasteiger partial charge in [0.25, 0.3) is 5.56 Å². The van der Waals surface area contributed by atoms with E-state index < -0.39 is 19.8 Å². The predicted octanol–water partition coefficient (Wildman–Crippen LogP) is 3.65. The van der Waals surface area contributed by atoms with E-state index in [9.17, 15) is 9.59 Å². The average Bonchev–Trinajstić information content (AvgIpc) is 2.86. The number of nitrogens with zero attached hydrogens (tertiary/aromatic N) is 4. The molecule has 3 N–H and O–H groups in total. The number of benzene rings is 1. The van der Waals surface area contributed by atoms with Crippen LogP contribution in [0.15, 0.2) is 35.3 Å². The molecule has 0 spiro atoms. The molecule has 2 aromatic heterocycles. The highest BCUT2D eigenvalue weighted by atomic mass is 35.5. The van der Waals surface area contributed by atoms with Crippen LogP contribution in [0, 0.1) is 5.92 Å². The molecule has 1 aliphatic rings. The lowest BCUT2D eigenvalue weighted by molar-refractivity contribution is -0.117. The Balaban J connectivity index is 1.51.